The number of nitrogens with one attached hydrogen (secondary N) is 2. The molecule has 2 heterocycles. The molecule has 26 heavy (non-hydrogen) atoms. The van der Waals surface area contributed by atoms with Gasteiger partial charge in [0.1, 0.15) is 5.39 Å². The normalized spacial score (nSPS) is 14.0. The Bertz CT molecular complexity index is 934. The molecule has 0 radical (unpaired) electrons. The number of hydrogen-bond donors (Lipinski definition) is 3. The van der Waals surface area contributed by atoms with E-state index in [-0.39, 0.29) is 16.5 Å². The largest absolute Gasteiger partial charge is 0.412 e. The Labute approximate surface area is 154 Å². The Hall–Kier alpha value is -2.33. The Kier molecular flexibility index (Phi) is 6.43. The van der Waals surface area contributed by atoms with Crippen LogP contribution in [0, 0.1) is 0 Å². The Morgan fingerprint density at radius 2 is 2.00 bits per heavy atom. The summed E-state index contributed by atoms with van der Waals surface area (Å²) in [7, 11) is 0. The molecule has 140 valence electrons. The van der Waals surface area contributed by atoms with E-state index < -0.39 is 0 Å². The minimum atomic E-state index is -0.122. The number of H-pyrrole nitrogens is 1. The second-order valence-corrected chi connectivity index (χ2v) is 6.78. The van der Waals surface area contributed by atoms with Crippen LogP contribution in [-0.4, -0.2) is 25.7 Å². The van der Waals surface area contributed by atoms with Gasteiger partial charge in [-0.1, -0.05) is 18.9 Å². The van der Waals surface area contributed by atoms with Crippen LogP contribution in [0.2, 0.25) is 0 Å². The van der Waals surface area contributed by atoms with Crippen LogP contribution < -0.4 is 16.0 Å². The molecule has 1 aliphatic rings. The first-order valence-corrected chi connectivity index (χ1v) is 8.98. The Balaban J connectivity index is 0.00000121. The van der Waals surface area contributed by atoms with Gasteiger partial charge in [0, 0.05) is 16.8 Å². The van der Waals surface area contributed by atoms with E-state index in [0.717, 1.165) is 28.9 Å². The van der Waals surface area contributed by atoms with Crippen LogP contribution in [0.3, 0.4) is 0 Å². The smallest absolute Gasteiger partial charge is 0.261 e. The lowest BCUT2D eigenvalue weighted by atomic mass is 10.2. The highest BCUT2D eigenvalue weighted by atomic mass is 32.2. The van der Waals surface area contributed by atoms with Gasteiger partial charge in [-0.15, -0.1) is 0 Å². The summed E-state index contributed by atoms with van der Waals surface area (Å²) in [6.07, 6.45) is 6.35. The van der Waals surface area contributed by atoms with Crippen molar-refractivity contribution in [2.75, 3.05) is 5.32 Å². The van der Waals surface area contributed by atoms with E-state index in [0.29, 0.717) is 17.2 Å². The first-order valence-electron chi connectivity index (χ1n) is 8.10. The summed E-state index contributed by atoms with van der Waals surface area (Å²) >= 11 is 1.19. The van der Waals surface area contributed by atoms with Crippen molar-refractivity contribution in [1.82, 2.24) is 14.8 Å². The van der Waals surface area contributed by atoms with Crippen molar-refractivity contribution in [2.45, 2.75) is 36.6 Å². The fourth-order valence-corrected chi connectivity index (χ4v) is 3.75. The predicted octanol–water partition coefficient (Wildman–Crippen LogP) is 1.90. The summed E-state index contributed by atoms with van der Waals surface area (Å²) in [5, 5.41) is 14.3. The third kappa shape index (κ3) is 3.61. The van der Waals surface area contributed by atoms with Crippen molar-refractivity contribution in [3.05, 3.63) is 46.9 Å². The summed E-state index contributed by atoms with van der Waals surface area (Å²) < 4.78 is 2.02. The lowest BCUT2D eigenvalue weighted by Gasteiger charge is -2.10. The van der Waals surface area contributed by atoms with Crippen molar-refractivity contribution in [3.8, 4) is 0 Å². The van der Waals surface area contributed by atoms with Crippen LogP contribution in [0.1, 0.15) is 31.7 Å². The van der Waals surface area contributed by atoms with Crippen LogP contribution in [0.4, 0.5) is 11.5 Å². The molecular formula is C17H23N5O3S. The number of aromatic nitrogens is 3. The molecule has 0 unspecified atom stereocenters. The van der Waals surface area contributed by atoms with Crippen LogP contribution in [0.5, 0.6) is 0 Å². The lowest BCUT2D eigenvalue weighted by Crippen LogP contribution is -2.08. The van der Waals surface area contributed by atoms with E-state index in [1.807, 2.05) is 35.0 Å². The number of fused-ring (bicyclic) bond motifs is 1. The van der Waals surface area contributed by atoms with E-state index in [2.05, 4.69) is 10.3 Å². The number of nitrogens with zero attached hydrogens (tertiary/aromatic N) is 2. The number of pyridine rings is 1. The maximum atomic E-state index is 12.4. The summed E-state index contributed by atoms with van der Waals surface area (Å²) in [4.78, 5) is 16.1. The summed E-state index contributed by atoms with van der Waals surface area (Å²) in [5.74, 6) is 0.595. The highest BCUT2D eigenvalue weighted by Crippen LogP contribution is 2.33. The molecule has 0 atom stereocenters. The fraction of sp³-hybridized carbons (Fsp3) is 0.294. The molecular weight excluding hydrogens is 354 g/mol. The zero-order valence-electron chi connectivity index (χ0n) is 14.2. The van der Waals surface area contributed by atoms with Gasteiger partial charge in [0.25, 0.3) is 5.56 Å². The van der Waals surface area contributed by atoms with Crippen molar-refractivity contribution >= 4 is 34.4 Å². The first kappa shape index (κ1) is 20.0. The van der Waals surface area contributed by atoms with Crippen LogP contribution >= 0.6 is 11.9 Å². The van der Waals surface area contributed by atoms with Gasteiger partial charge in [0.05, 0.1) is 11.6 Å². The maximum absolute atomic E-state index is 12.4. The van der Waals surface area contributed by atoms with Crippen molar-refractivity contribution in [1.29, 1.82) is 0 Å². The molecule has 8 N–H and O–H groups in total. The van der Waals surface area contributed by atoms with Crippen LogP contribution in [0.25, 0.3) is 10.9 Å². The lowest BCUT2D eigenvalue weighted by molar-refractivity contribution is 0.483. The zero-order chi connectivity index (χ0) is 16.5. The van der Waals surface area contributed by atoms with Gasteiger partial charge < -0.3 is 21.3 Å². The summed E-state index contributed by atoms with van der Waals surface area (Å²) in [5.41, 5.74) is 1.63. The molecule has 0 saturated heterocycles. The van der Waals surface area contributed by atoms with Gasteiger partial charge in [-0.2, -0.15) is 5.10 Å². The summed E-state index contributed by atoms with van der Waals surface area (Å²) in [6, 6.07) is 10.1. The average molecular weight is 377 g/mol. The molecule has 3 aromatic rings. The van der Waals surface area contributed by atoms with Gasteiger partial charge in [-0.05, 0) is 49.1 Å². The zero-order valence-corrected chi connectivity index (χ0v) is 15.0. The molecule has 1 fully saturated rings. The number of rotatable bonds is 4. The monoisotopic (exact) mass is 377 g/mol. The predicted molar refractivity (Wildman–Crippen MR) is 105 cm³/mol. The molecule has 1 aliphatic carbocycles. The van der Waals surface area contributed by atoms with Crippen LogP contribution in [-0.2, 0) is 0 Å². The number of hydrogen-bond acceptors (Lipinski definition) is 5. The van der Waals surface area contributed by atoms with Crippen LogP contribution in [0.15, 0.2) is 46.2 Å². The number of nitrogens with two attached hydrogens (primary N) is 1. The summed E-state index contributed by atoms with van der Waals surface area (Å²) in [6.45, 7) is 0. The van der Waals surface area contributed by atoms with Crippen molar-refractivity contribution in [3.63, 3.8) is 0 Å². The maximum Gasteiger partial charge on any atom is 0.261 e. The molecule has 4 rings (SSSR count). The van der Waals surface area contributed by atoms with E-state index in [9.17, 15) is 4.79 Å². The minimum absolute atomic E-state index is 0. The number of anilines is 2. The molecule has 1 aromatic carbocycles. The third-order valence-corrected chi connectivity index (χ3v) is 5.06. The van der Waals surface area contributed by atoms with Gasteiger partial charge in [-0.3, -0.25) is 14.6 Å². The molecule has 1 saturated carbocycles. The first-order chi connectivity index (χ1) is 11.8. The quantitative estimate of drug-likeness (QED) is 0.593. The van der Waals surface area contributed by atoms with E-state index >= 15 is 0 Å². The van der Waals surface area contributed by atoms with E-state index in [4.69, 9.17) is 10.2 Å². The highest BCUT2D eigenvalue weighted by molar-refractivity contribution is 7.97. The molecule has 8 nitrogen and oxygen atoms in total. The SMILES string of the molecule is NSc1cccc(Nc2nn(C3CCCC3)c3cc[nH]c(=O)c23)c1.O.O. The molecule has 0 amide bonds. The fourth-order valence-electron chi connectivity index (χ4n) is 3.40. The van der Waals surface area contributed by atoms with Gasteiger partial charge in [0.15, 0.2) is 5.82 Å². The van der Waals surface area contributed by atoms with E-state index in [1.165, 1.54) is 24.8 Å². The van der Waals surface area contributed by atoms with Crippen molar-refractivity contribution < 1.29 is 11.0 Å². The van der Waals surface area contributed by atoms with Gasteiger partial charge >= 0.3 is 0 Å². The molecule has 9 heteroatoms. The highest BCUT2D eigenvalue weighted by Gasteiger charge is 2.23. The molecule has 2 aromatic heterocycles. The molecule has 0 aliphatic heterocycles. The third-order valence-electron chi connectivity index (χ3n) is 4.53. The second-order valence-electron chi connectivity index (χ2n) is 6.07. The average Bonchev–Trinajstić information content (AvgIpc) is 3.24. The molecule has 0 bridgehead atoms. The Morgan fingerprint density at radius 1 is 1.23 bits per heavy atom. The minimum Gasteiger partial charge on any atom is -0.412 e. The number of aromatic amines is 1. The second kappa shape index (κ2) is 8.37. The Morgan fingerprint density at radius 3 is 2.73 bits per heavy atom. The van der Waals surface area contributed by atoms with Crippen molar-refractivity contribution in [2.24, 2.45) is 5.14 Å². The molecule has 0 spiro atoms. The van der Waals surface area contributed by atoms with E-state index in [1.54, 1.807) is 6.20 Å². The topological polar surface area (TPSA) is 152 Å². The van der Waals surface area contributed by atoms with Gasteiger partial charge in [-0.25, -0.2) is 0 Å². The number of benzene rings is 1. The van der Waals surface area contributed by atoms with Gasteiger partial charge in [0.2, 0.25) is 0 Å². The standard InChI is InChI=1S/C17H19N5OS.2H2O/c18-24-13-7-3-4-11(10-13)20-16-15-14(8-9-19-17(15)23)22(21-16)12-5-1-2-6-12;;/h3-4,7-10,12H,1-2,5-6,18H2,(H,19,23)(H,20,21);2*1H2.